The van der Waals surface area contributed by atoms with Crippen molar-refractivity contribution in [3.63, 3.8) is 0 Å². The molecule has 33 heavy (non-hydrogen) atoms. The number of fused-ring (bicyclic) bond motifs is 3. The third kappa shape index (κ3) is 4.72. The first-order valence-electron chi connectivity index (χ1n) is 11.6. The van der Waals surface area contributed by atoms with Gasteiger partial charge in [0.05, 0.1) is 0 Å². The molecule has 2 saturated carbocycles. The van der Waals surface area contributed by atoms with Crippen molar-refractivity contribution in [2.45, 2.75) is 50.1 Å². The summed E-state index contributed by atoms with van der Waals surface area (Å²) in [6.45, 7) is 0.214. The fraction of sp³-hybridized carbons (Fsp3) is 0.423. The molecule has 0 spiro atoms. The molecule has 0 aliphatic heterocycles. The first-order valence-corrected chi connectivity index (χ1v) is 11.6. The van der Waals surface area contributed by atoms with E-state index in [4.69, 9.17) is 4.74 Å². The van der Waals surface area contributed by atoms with Crippen LogP contribution in [-0.4, -0.2) is 41.8 Å². The van der Waals surface area contributed by atoms with Gasteiger partial charge in [-0.3, -0.25) is 4.79 Å². The molecule has 2 unspecified atom stereocenters. The molecule has 2 amide bonds. The van der Waals surface area contributed by atoms with Gasteiger partial charge in [-0.1, -0.05) is 48.5 Å². The fourth-order valence-corrected chi connectivity index (χ4v) is 4.87. The van der Waals surface area contributed by atoms with Gasteiger partial charge in [-0.25, -0.2) is 9.59 Å². The first kappa shape index (κ1) is 21.5. The molecule has 3 aliphatic carbocycles. The Bertz CT molecular complexity index is 1030. The molecule has 2 aromatic carbocycles. The van der Waals surface area contributed by atoms with Gasteiger partial charge in [-0.15, -0.1) is 0 Å². The number of rotatable bonds is 9. The average Bonchev–Trinajstić information content (AvgIpc) is 3.72. The normalized spacial score (nSPS) is 18.5. The van der Waals surface area contributed by atoms with E-state index in [0.29, 0.717) is 0 Å². The maximum atomic E-state index is 12.6. The van der Waals surface area contributed by atoms with Crippen molar-refractivity contribution in [3.8, 4) is 11.1 Å². The van der Waals surface area contributed by atoms with Gasteiger partial charge in [0.15, 0.2) is 0 Å². The molecular weight excluding hydrogens is 420 g/mol. The van der Waals surface area contributed by atoms with E-state index >= 15 is 0 Å². The van der Waals surface area contributed by atoms with Crippen LogP contribution in [0.2, 0.25) is 0 Å². The molecule has 2 aromatic rings. The molecule has 172 valence electrons. The van der Waals surface area contributed by atoms with Crippen LogP contribution in [0.3, 0.4) is 0 Å². The van der Waals surface area contributed by atoms with Crippen LogP contribution in [0.4, 0.5) is 4.79 Å². The summed E-state index contributed by atoms with van der Waals surface area (Å²) in [6, 6.07) is 15.1. The number of hydrogen-bond donors (Lipinski definition) is 3. The topological polar surface area (TPSA) is 105 Å². The van der Waals surface area contributed by atoms with E-state index in [0.717, 1.165) is 36.8 Å². The van der Waals surface area contributed by atoms with Crippen molar-refractivity contribution in [1.29, 1.82) is 0 Å². The molecule has 7 heteroatoms. The standard InChI is InChI=1S/C26H28N2O5/c29-23(28-24(25(30)31)16-11-12-16)13-22(15-9-10-15)27-26(32)33-14-21-19-7-3-1-5-17(19)18-6-2-4-8-20(18)21/h1-8,15-16,21-22,24H,9-14H2,(H,27,32)(H,28,29)(H,30,31). The number of nitrogens with one attached hydrogen (secondary N) is 2. The Kier molecular flexibility index (Phi) is 5.79. The van der Waals surface area contributed by atoms with Crippen LogP contribution in [0.1, 0.15) is 49.1 Å². The van der Waals surface area contributed by atoms with E-state index in [9.17, 15) is 19.5 Å². The number of carbonyl (C=O) groups is 3. The van der Waals surface area contributed by atoms with Crippen LogP contribution in [0.15, 0.2) is 48.5 Å². The van der Waals surface area contributed by atoms with E-state index in [1.54, 1.807) is 0 Å². The minimum Gasteiger partial charge on any atom is -0.480 e. The molecule has 2 fully saturated rings. The Labute approximate surface area is 192 Å². The number of carboxylic acids is 1. The van der Waals surface area contributed by atoms with Gasteiger partial charge in [0, 0.05) is 18.4 Å². The zero-order chi connectivity index (χ0) is 22.9. The molecule has 0 bridgehead atoms. The van der Waals surface area contributed by atoms with Gasteiger partial charge in [-0.05, 0) is 59.8 Å². The number of carbonyl (C=O) groups excluding carboxylic acids is 2. The highest BCUT2D eigenvalue weighted by atomic mass is 16.5. The number of carboxylic acid groups (broad SMARTS) is 1. The second-order valence-electron chi connectivity index (χ2n) is 9.34. The quantitative estimate of drug-likeness (QED) is 0.543. The van der Waals surface area contributed by atoms with Gasteiger partial charge < -0.3 is 20.5 Å². The number of alkyl carbamates (subject to hydrolysis) is 1. The molecule has 2 atom stereocenters. The lowest BCUT2D eigenvalue weighted by molar-refractivity contribution is -0.142. The third-order valence-electron chi connectivity index (χ3n) is 6.92. The maximum Gasteiger partial charge on any atom is 0.407 e. The van der Waals surface area contributed by atoms with Crippen molar-refractivity contribution < 1.29 is 24.2 Å². The van der Waals surface area contributed by atoms with Crippen molar-refractivity contribution in [2.24, 2.45) is 11.8 Å². The van der Waals surface area contributed by atoms with Gasteiger partial charge in [0.25, 0.3) is 0 Å². The van der Waals surface area contributed by atoms with Crippen LogP contribution in [-0.2, 0) is 14.3 Å². The highest BCUT2D eigenvalue weighted by molar-refractivity contribution is 5.85. The Hall–Kier alpha value is -3.35. The van der Waals surface area contributed by atoms with Gasteiger partial charge >= 0.3 is 12.1 Å². The Balaban J connectivity index is 1.19. The van der Waals surface area contributed by atoms with E-state index < -0.39 is 18.1 Å². The monoisotopic (exact) mass is 448 g/mol. The third-order valence-corrected chi connectivity index (χ3v) is 6.92. The number of hydrogen-bond acceptors (Lipinski definition) is 4. The predicted molar refractivity (Wildman–Crippen MR) is 122 cm³/mol. The summed E-state index contributed by atoms with van der Waals surface area (Å²) in [7, 11) is 0. The van der Waals surface area contributed by atoms with E-state index in [1.165, 1.54) is 11.1 Å². The zero-order valence-electron chi connectivity index (χ0n) is 18.3. The number of benzene rings is 2. The maximum absolute atomic E-state index is 12.6. The van der Waals surface area contributed by atoms with E-state index in [1.807, 2.05) is 24.3 Å². The Morgan fingerprint density at radius 1 is 0.879 bits per heavy atom. The lowest BCUT2D eigenvalue weighted by Crippen LogP contribution is -2.46. The highest BCUT2D eigenvalue weighted by Gasteiger charge is 2.39. The van der Waals surface area contributed by atoms with Crippen LogP contribution in [0.25, 0.3) is 11.1 Å². The zero-order valence-corrected chi connectivity index (χ0v) is 18.3. The summed E-state index contributed by atoms with van der Waals surface area (Å²) in [5, 5.41) is 14.8. The van der Waals surface area contributed by atoms with Crippen LogP contribution in [0, 0.1) is 11.8 Å². The SMILES string of the molecule is O=C(CC(NC(=O)OCC1c2ccccc2-c2ccccc21)C1CC1)NC(C(=O)O)C1CC1. The lowest BCUT2D eigenvalue weighted by Gasteiger charge is -2.21. The van der Waals surface area contributed by atoms with Crippen molar-refractivity contribution in [3.05, 3.63) is 59.7 Å². The smallest absolute Gasteiger partial charge is 0.407 e. The summed E-state index contributed by atoms with van der Waals surface area (Å²) in [5.74, 6) is -1.13. The molecule has 0 aromatic heterocycles. The van der Waals surface area contributed by atoms with Crippen LogP contribution >= 0.6 is 0 Å². The molecule has 0 saturated heterocycles. The van der Waals surface area contributed by atoms with Crippen molar-refractivity contribution in [1.82, 2.24) is 10.6 Å². The first-order chi connectivity index (χ1) is 16.0. The van der Waals surface area contributed by atoms with Gasteiger partial charge in [0.1, 0.15) is 12.6 Å². The van der Waals surface area contributed by atoms with Crippen LogP contribution < -0.4 is 10.6 Å². The summed E-state index contributed by atoms with van der Waals surface area (Å²) < 4.78 is 5.62. The second-order valence-corrected chi connectivity index (χ2v) is 9.34. The highest BCUT2D eigenvalue weighted by Crippen LogP contribution is 2.44. The number of ether oxygens (including phenoxy) is 1. The summed E-state index contributed by atoms with van der Waals surface area (Å²) in [6.07, 6.45) is 3.03. The molecule has 5 rings (SSSR count). The molecule has 3 aliphatic rings. The summed E-state index contributed by atoms with van der Waals surface area (Å²) >= 11 is 0. The molecule has 0 radical (unpaired) electrons. The van der Waals surface area contributed by atoms with E-state index in [-0.39, 0.29) is 42.7 Å². The summed E-state index contributed by atoms with van der Waals surface area (Å²) in [5.41, 5.74) is 4.62. The second kappa shape index (κ2) is 8.89. The largest absolute Gasteiger partial charge is 0.480 e. The lowest BCUT2D eigenvalue weighted by atomic mass is 9.98. The Morgan fingerprint density at radius 2 is 1.45 bits per heavy atom. The molecule has 0 heterocycles. The van der Waals surface area contributed by atoms with Gasteiger partial charge in [-0.2, -0.15) is 0 Å². The van der Waals surface area contributed by atoms with Crippen molar-refractivity contribution in [2.75, 3.05) is 6.61 Å². The minimum atomic E-state index is -1.00. The Morgan fingerprint density at radius 3 is 2.00 bits per heavy atom. The number of aliphatic carboxylic acids is 1. The van der Waals surface area contributed by atoms with Crippen LogP contribution in [0.5, 0.6) is 0 Å². The molecule has 3 N–H and O–H groups in total. The predicted octanol–water partition coefficient (Wildman–Crippen LogP) is 3.67. The van der Waals surface area contributed by atoms with E-state index in [2.05, 4.69) is 34.9 Å². The molecular formula is C26H28N2O5. The molecule has 7 nitrogen and oxygen atoms in total. The van der Waals surface area contributed by atoms with Gasteiger partial charge in [0.2, 0.25) is 5.91 Å². The minimum absolute atomic E-state index is 0.0147. The average molecular weight is 449 g/mol. The number of amides is 2. The van der Waals surface area contributed by atoms with Crippen molar-refractivity contribution >= 4 is 18.0 Å². The summed E-state index contributed by atoms with van der Waals surface area (Å²) in [4.78, 5) is 36.5. The fourth-order valence-electron chi connectivity index (χ4n) is 4.87.